The van der Waals surface area contributed by atoms with Crippen molar-refractivity contribution in [3.63, 3.8) is 0 Å². The van der Waals surface area contributed by atoms with Gasteiger partial charge < -0.3 is 35.2 Å². The van der Waals surface area contributed by atoms with Crippen molar-refractivity contribution >= 4 is 11.8 Å². The van der Waals surface area contributed by atoms with Crippen molar-refractivity contribution in [3.05, 3.63) is 0 Å². The van der Waals surface area contributed by atoms with Crippen LogP contribution in [0.5, 0.6) is 0 Å². The van der Waals surface area contributed by atoms with Gasteiger partial charge in [0.1, 0.15) is 18.3 Å². The molecule has 0 aromatic carbocycles. The highest BCUT2D eigenvalue weighted by molar-refractivity contribution is 5.78. The Bertz CT molecular complexity index is 674. The third-order valence-electron chi connectivity index (χ3n) is 8.08. The fourth-order valence-electron chi connectivity index (χ4n) is 5.80. The highest BCUT2D eigenvalue weighted by Gasteiger charge is 2.44. The normalized spacial score (nSPS) is 37.5. The van der Waals surface area contributed by atoms with Crippen molar-refractivity contribution in [1.29, 1.82) is 0 Å². The highest BCUT2D eigenvalue weighted by Crippen LogP contribution is 2.27. The fraction of sp³-hybridized carbons (Fsp3) is 0.917. The van der Waals surface area contributed by atoms with Gasteiger partial charge in [0.25, 0.3) is 0 Å². The van der Waals surface area contributed by atoms with Crippen LogP contribution in [0.2, 0.25) is 0 Å². The van der Waals surface area contributed by atoms with E-state index in [9.17, 15) is 19.8 Å². The van der Waals surface area contributed by atoms with E-state index in [0.29, 0.717) is 19.3 Å². The number of carbonyl (C=O) groups excluding carboxylic acids is 2. The van der Waals surface area contributed by atoms with Crippen molar-refractivity contribution in [1.82, 2.24) is 20.4 Å². The van der Waals surface area contributed by atoms with Gasteiger partial charge in [-0.1, -0.05) is 0 Å². The summed E-state index contributed by atoms with van der Waals surface area (Å²) in [5.41, 5.74) is 0. The third-order valence-corrected chi connectivity index (χ3v) is 8.08. The first-order valence-electron chi connectivity index (χ1n) is 13.0. The monoisotopic (exact) mass is 482 g/mol. The molecule has 5 atom stereocenters. The summed E-state index contributed by atoms with van der Waals surface area (Å²) in [5.74, 6) is -0.175. The van der Waals surface area contributed by atoms with Gasteiger partial charge in [0.15, 0.2) is 0 Å². The lowest BCUT2D eigenvalue weighted by Crippen LogP contribution is -2.57. The smallest absolute Gasteiger partial charge is 0.225 e. The predicted molar refractivity (Wildman–Crippen MR) is 125 cm³/mol. The molecule has 10 nitrogen and oxygen atoms in total. The Morgan fingerprint density at radius 2 is 1.71 bits per heavy atom. The van der Waals surface area contributed by atoms with Crippen LogP contribution >= 0.6 is 0 Å². The molecular formula is C24H42N4O6. The summed E-state index contributed by atoms with van der Waals surface area (Å²) in [5, 5.41) is 27.3. The van der Waals surface area contributed by atoms with Crippen molar-refractivity contribution in [2.45, 2.75) is 88.1 Å². The molecule has 0 bridgehead atoms. The first kappa shape index (κ1) is 25.8. The van der Waals surface area contributed by atoms with Crippen LogP contribution in [0, 0.1) is 5.92 Å². The standard InChI is InChI=1S/C24H42N4O6/c1-33-17-7-5-16(6-8-17)24(32)26-15-19-23(31)22(30)18(34-19)14-21(29)28-12-10-27(11-13-28)20-4-2-3-9-25-20/h16-20,22-23,25,30-31H,2-15H2,1H3,(H,26,32)/t16?,17?,18-,19-,20?,22-,23+/m0/s1. The van der Waals surface area contributed by atoms with Crippen LogP contribution in [-0.4, -0.2) is 115 Å². The van der Waals surface area contributed by atoms with Crippen LogP contribution in [0.25, 0.3) is 0 Å². The van der Waals surface area contributed by atoms with E-state index >= 15 is 0 Å². The van der Waals surface area contributed by atoms with Crippen molar-refractivity contribution in [2.24, 2.45) is 5.92 Å². The molecule has 4 aliphatic rings. The Kier molecular flexibility index (Phi) is 9.17. The molecule has 0 spiro atoms. The molecule has 4 rings (SSSR count). The van der Waals surface area contributed by atoms with Gasteiger partial charge in [-0.2, -0.15) is 0 Å². The number of ether oxygens (including phenoxy) is 2. The SMILES string of the molecule is COC1CCC(C(=O)NC[C@@H]2O[C@@H](CC(=O)N3CCN(C4CCCCN4)CC3)[C@H](O)[C@@H]2O)CC1. The lowest BCUT2D eigenvalue weighted by atomic mass is 9.87. The maximum Gasteiger partial charge on any atom is 0.225 e. The van der Waals surface area contributed by atoms with Crippen LogP contribution in [0.4, 0.5) is 0 Å². The number of methoxy groups -OCH3 is 1. The summed E-state index contributed by atoms with van der Waals surface area (Å²) >= 11 is 0. The molecule has 4 fully saturated rings. The second kappa shape index (κ2) is 12.1. The van der Waals surface area contributed by atoms with Gasteiger partial charge in [0, 0.05) is 45.8 Å². The fourth-order valence-corrected chi connectivity index (χ4v) is 5.80. The van der Waals surface area contributed by atoms with Crippen LogP contribution in [0.15, 0.2) is 0 Å². The van der Waals surface area contributed by atoms with Crippen molar-refractivity contribution < 1.29 is 29.3 Å². The number of aliphatic hydroxyl groups excluding tert-OH is 2. The third kappa shape index (κ3) is 6.27. The van der Waals surface area contributed by atoms with Crippen LogP contribution in [-0.2, 0) is 19.1 Å². The Morgan fingerprint density at radius 3 is 2.35 bits per heavy atom. The number of piperidine rings is 1. The zero-order valence-corrected chi connectivity index (χ0v) is 20.4. The topological polar surface area (TPSA) is 124 Å². The minimum atomic E-state index is -1.14. The summed E-state index contributed by atoms with van der Waals surface area (Å²) in [6.07, 6.45) is 3.83. The minimum Gasteiger partial charge on any atom is -0.388 e. The van der Waals surface area contributed by atoms with E-state index in [1.807, 2.05) is 4.90 Å². The number of carbonyl (C=O) groups is 2. The zero-order valence-electron chi connectivity index (χ0n) is 20.4. The summed E-state index contributed by atoms with van der Waals surface area (Å²) < 4.78 is 11.2. The molecule has 3 saturated heterocycles. The minimum absolute atomic E-state index is 0.0331. The number of hydrogen-bond acceptors (Lipinski definition) is 8. The number of amides is 2. The van der Waals surface area contributed by atoms with Crippen molar-refractivity contribution in [2.75, 3.05) is 46.4 Å². The summed E-state index contributed by atoms with van der Waals surface area (Å²) in [6, 6.07) is 0. The first-order valence-corrected chi connectivity index (χ1v) is 13.0. The number of hydrogen-bond donors (Lipinski definition) is 4. The number of piperazine rings is 1. The van der Waals surface area contributed by atoms with E-state index in [1.54, 1.807) is 7.11 Å². The average molecular weight is 483 g/mol. The van der Waals surface area contributed by atoms with E-state index < -0.39 is 24.4 Å². The number of rotatable bonds is 7. The molecule has 4 N–H and O–H groups in total. The summed E-state index contributed by atoms with van der Waals surface area (Å²) in [7, 11) is 1.70. The quantitative estimate of drug-likeness (QED) is 0.381. The number of nitrogens with one attached hydrogen (secondary N) is 2. The predicted octanol–water partition coefficient (Wildman–Crippen LogP) is -0.569. The molecule has 1 saturated carbocycles. The second-order valence-corrected chi connectivity index (χ2v) is 10.2. The van der Waals surface area contributed by atoms with Crippen LogP contribution in [0.1, 0.15) is 51.4 Å². The molecule has 194 valence electrons. The molecule has 1 aliphatic carbocycles. The zero-order chi connectivity index (χ0) is 24.1. The summed E-state index contributed by atoms with van der Waals surface area (Å²) in [6.45, 7) is 4.17. The molecule has 34 heavy (non-hydrogen) atoms. The second-order valence-electron chi connectivity index (χ2n) is 10.2. The van der Waals surface area contributed by atoms with Gasteiger partial charge in [0.2, 0.25) is 11.8 Å². The average Bonchev–Trinajstić information content (AvgIpc) is 3.15. The Morgan fingerprint density at radius 1 is 1.00 bits per heavy atom. The molecule has 10 heteroatoms. The van der Waals surface area contributed by atoms with E-state index in [1.165, 1.54) is 12.8 Å². The first-order chi connectivity index (χ1) is 16.5. The lowest BCUT2D eigenvalue weighted by molar-refractivity contribution is -0.138. The molecule has 1 unspecified atom stereocenters. The van der Waals surface area contributed by atoms with Gasteiger partial charge in [-0.05, 0) is 51.5 Å². The van der Waals surface area contributed by atoms with E-state index in [-0.39, 0.29) is 36.8 Å². The maximum absolute atomic E-state index is 12.9. The largest absolute Gasteiger partial charge is 0.388 e. The molecule has 3 heterocycles. The molecule has 0 radical (unpaired) electrons. The molecular weight excluding hydrogens is 440 g/mol. The van der Waals surface area contributed by atoms with Crippen LogP contribution < -0.4 is 10.6 Å². The lowest BCUT2D eigenvalue weighted by Gasteiger charge is -2.41. The van der Waals surface area contributed by atoms with E-state index in [2.05, 4.69) is 15.5 Å². The summed E-state index contributed by atoms with van der Waals surface area (Å²) in [4.78, 5) is 29.6. The Balaban J connectivity index is 1.18. The van der Waals surface area contributed by atoms with E-state index in [0.717, 1.165) is 51.7 Å². The van der Waals surface area contributed by atoms with Gasteiger partial charge >= 0.3 is 0 Å². The molecule has 2 amide bonds. The maximum atomic E-state index is 12.9. The molecule has 3 aliphatic heterocycles. The van der Waals surface area contributed by atoms with Crippen LogP contribution in [0.3, 0.4) is 0 Å². The number of nitrogens with zero attached hydrogens (tertiary/aromatic N) is 2. The molecule has 0 aromatic rings. The van der Waals surface area contributed by atoms with Crippen molar-refractivity contribution in [3.8, 4) is 0 Å². The molecule has 0 aromatic heterocycles. The number of aliphatic hydroxyl groups is 2. The Labute approximate surface area is 202 Å². The highest BCUT2D eigenvalue weighted by atomic mass is 16.5. The Hall–Kier alpha value is -1.30. The van der Waals surface area contributed by atoms with Gasteiger partial charge in [0.05, 0.1) is 24.8 Å². The van der Waals surface area contributed by atoms with Gasteiger partial charge in [-0.15, -0.1) is 0 Å². The van der Waals surface area contributed by atoms with Gasteiger partial charge in [-0.25, -0.2) is 0 Å². The van der Waals surface area contributed by atoms with E-state index in [4.69, 9.17) is 9.47 Å². The van der Waals surface area contributed by atoms with Gasteiger partial charge in [-0.3, -0.25) is 14.5 Å².